The molecule has 0 fully saturated rings. The maximum absolute atomic E-state index is 12.4. The predicted octanol–water partition coefficient (Wildman–Crippen LogP) is 3.25. The summed E-state index contributed by atoms with van der Waals surface area (Å²) in [5.41, 5.74) is 2.57. The van der Waals surface area contributed by atoms with Gasteiger partial charge in [-0.05, 0) is 25.3 Å². The van der Waals surface area contributed by atoms with E-state index in [1.165, 1.54) is 29.3 Å². The van der Waals surface area contributed by atoms with Gasteiger partial charge < -0.3 is 9.30 Å². The third kappa shape index (κ3) is 2.97. The van der Waals surface area contributed by atoms with Gasteiger partial charge in [-0.25, -0.2) is 4.98 Å². The van der Waals surface area contributed by atoms with E-state index in [2.05, 4.69) is 4.98 Å². The Morgan fingerprint density at radius 1 is 1.13 bits per heavy atom. The van der Waals surface area contributed by atoms with Gasteiger partial charge in [0.2, 0.25) is 5.91 Å². The van der Waals surface area contributed by atoms with E-state index in [0.717, 1.165) is 0 Å². The average molecular weight is 313 g/mol. The molecule has 0 bridgehead atoms. The van der Waals surface area contributed by atoms with E-state index in [0.29, 0.717) is 22.6 Å². The minimum atomic E-state index is -2.29. The second kappa shape index (κ2) is 5.88. The van der Waals surface area contributed by atoms with E-state index >= 15 is 0 Å². The van der Waals surface area contributed by atoms with Crippen molar-refractivity contribution in [3.05, 3.63) is 59.4 Å². The summed E-state index contributed by atoms with van der Waals surface area (Å²) in [6.45, 7) is -4.50. The number of aryl methyl sites for hydroxylation is 2. The first-order chi connectivity index (χ1) is 13.4. The molecule has 0 unspecified atom stereocenters. The zero-order chi connectivity index (χ0) is 21.6. The number of nitrogens with zero attached hydrogens (tertiary/aromatic N) is 3. The Hall–Kier alpha value is -2.62. The highest BCUT2D eigenvalue weighted by Crippen LogP contribution is 2.26. The van der Waals surface area contributed by atoms with Crippen molar-refractivity contribution >= 4 is 11.6 Å². The van der Waals surface area contributed by atoms with Crippen LogP contribution < -0.4 is 0 Å². The van der Waals surface area contributed by atoms with E-state index in [1.54, 1.807) is 36.7 Å². The molecule has 0 aliphatic rings. The predicted molar refractivity (Wildman–Crippen MR) is 92.5 cm³/mol. The number of amides is 1. The molecule has 0 N–H and O–H groups in total. The van der Waals surface area contributed by atoms with Crippen molar-refractivity contribution < 1.29 is 13.0 Å². The fourth-order valence-corrected chi connectivity index (χ4v) is 2.42. The second-order valence-corrected chi connectivity index (χ2v) is 5.60. The number of rotatable bonds is 3. The van der Waals surface area contributed by atoms with Crippen molar-refractivity contribution in [1.82, 2.24) is 14.3 Å². The Balaban J connectivity index is 2.18. The number of hydrogen-bond acceptors (Lipinski definition) is 2. The van der Waals surface area contributed by atoms with Crippen LogP contribution >= 0.6 is 0 Å². The lowest BCUT2D eigenvalue weighted by Gasteiger charge is -2.11. The molecule has 0 saturated heterocycles. The van der Waals surface area contributed by atoms with Gasteiger partial charge in [0.1, 0.15) is 5.65 Å². The summed E-state index contributed by atoms with van der Waals surface area (Å²) in [7, 11) is 3.29. The van der Waals surface area contributed by atoms with Crippen LogP contribution in [0.5, 0.6) is 0 Å². The van der Waals surface area contributed by atoms with Crippen LogP contribution in [0.2, 0.25) is 0 Å². The lowest BCUT2D eigenvalue weighted by Crippen LogP contribution is -2.24. The summed E-state index contributed by atoms with van der Waals surface area (Å²) in [4.78, 5) is 18.4. The fourth-order valence-electron chi connectivity index (χ4n) is 2.42. The summed E-state index contributed by atoms with van der Waals surface area (Å²) in [5.74, 6) is -0.161. The number of aromatic nitrogens is 2. The van der Waals surface area contributed by atoms with Gasteiger partial charge >= 0.3 is 0 Å². The lowest BCUT2D eigenvalue weighted by molar-refractivity contribution is -0.128. The van der Waals surface area contributed by atoms with Gasteiger partial charge in [-0.1, -0.05) is 35.9 Å². The molecule has 118 valence electrons. The molecule has 4 heteroatoms. The number of hydrogen-bond donors (Lipinski definition) is 0. The topological polar surface area (TPSA) is 37.6 Å². The number of pyridine rings is 1. The molecule has 1 aromatic carbocycles. The maximum Gasteiger partial charge on any atom is 0.228 e. The number of likely N-dealkylation sites (N-methyl/N-ethyl adjacent to an activating group) is 1. The highest BCUT2D eigenvalue weighted by Gasteiger charge is 2.18. The molecule has 2 aromatic heterocycles. The first-order valence-corrected chi connectivity index (χ1v) is 7.20. The van der Waals surface area contributed by atoms with Crippen LogP contribution in [0, 0.1) is 13.7 Å². The zero-order valence-electron chi connectivity index (χ0n) is 19.0. The first kappa shape index (κ1) is 9.50. The van der Waals surface area contributed by atoms with Gasteiger partial charge in [0.25, 0.3) is 0 Å². The van der Waals surface area contributed by atoms with Crippen LogP contribution in [-0.4, -0.2) is 34.3 Å². The van der Waals surface area contributed by atoms with Crippen LogP contribution in [0.4, 0.5) is 0 Å². The Bertz CT molecular complexity index is 1050. The van der Waals surface area contributed by atoms with E-state index in [-0.39, 0.29) is 23.5 Å². The van der Waals surface area contributed by atoms with Crippen LogP contribution in [0.1, 0.15) is 25.0 Å². The van der Waals surface area contributed by atoms with Crippen LogP contribution in [-0.2, 0) is 11.2 Å². The summed E-state index contributed by atoms with van der Waals surface area (Å²) >= 11 is 0. The molecule has 3 rings (SSSR count). The lowest BCUT2D eigenvalue weighted by atomic mass is 10.1. The minimum absolute atomic E-state index is 0.0228. The van der Waals surface area contributed by atoms with Gasteiger partial charge in [0.05, 0.1) is 17.8 Å². The maximum atomic E-state index is 12.4. The van der Waals surface area contributed by atoms with Crippen molar-refractivity contribution in [3.8, 4) is 11.3 Å². The Labute approximate surface area is 144 Å². The van der Waals surface area contributed by atoms with Gasteiger partial charge in [0.15, 0.2) is 0 Å². The van der Waals surface area contributed by atoms with E-state index in [9.17, 15) is 4.79 Å². The van der Waals surface area contributed by atoms with Crippen LogP contribution in [0.25, 0.3) is 16.9 Å². The smallest absolute Gasteiger partial charge is 0.228 e. The summed E-state index contributed by atoms with van der Waals surface area (Å²) in [5, 5.41) is 0. The van der Waals surface area contributed by atoms with E-state index < -0.39 is 13.7 Å². The molecular weight excluding hydrogens is 286 g/mol. The molecule has 0 saturated carbocycles. The van der Waals surface area contributed by atoms with E-state index in [4.69, 9.17) is 8.22 Å². The van der Waals surface area contributed by atoms with Gasteiger partial charge in [-0.3, -0.25) is 4.79 Å². The number of benzene rings is 1. The molecule has 0 radical (unpaired) electrons. The number of carbonyl (C=O) groups excluding carboxylic acids is 1. The van der Waals surface area contributed by atoms with E-state index in [1.807, 2.05) is 0 Å². The molecule has 2 heterocycles. The fraction of sp³-hybridized carbons (Fsp3) is 0.263. The number of imidazole rings is 1. The third-order valence-corrected chi connectivity index (χ3v) is 3.69. The molecule has 0 aliphatic heterocycles. The van der Waals surface area contributed by atoms with Crippen molar-refractivity contribution in [3.63, 3.8) is 0 Å². The second-order valence-electron chi connectivity index (χ2n) is 5.60. The van der Waals surface area contributed by atoms with Crippen LogP contribution in [0.3, 0.4) is 0 Å². The summed E-state index contributed by atoms with van der Waals surface area (Å²) < 4.78 is 47.1. The van der Waals surface area contributed by atoms with Crippen molar-refractivity contribution in [2.75, 3.05) is 14.1 Å². The molecule has 23 heavy (non-hydrogen) atoms. The monoisotopic (exact) mass is 313 g/mol. The van der Waals surface area contributed by atoms with Crippen LogP contribution in [0.15, 0.2) is 42.6 Å². The van der Waals surface area contributed by atoms with Crippen molar-refractivity contribution in [2.24, 2.45) is 0 Å². The molecule has 3 aromatic rings. The third-order valence-electron chi connectivity index (χ3n) is 3.69. The Morgan fingerprint density at radius 2 is 1.83 bits per heavy atom. The standard InChI is InChI=1S/C19H21N3O/c1-13-5-8-15(9-6-13)19-16(11-18(23)21(3)4)22-12-14(2)7-10-17(22)20-19/h5-10,12H,11H2,1-4H3/i1D3,2D3. The Morgan fingerprint density at radius 3 is 2.48 bits per heavy atom. The first-order valence-electron chi connectivity index (χ1n) is 10.2. The molecule has 0 aliphatic carbocycles. The van der Waals surface area contributed by atoms with Gasteiger partial charge in [-0.15, -0.1) is 0 Å². The average Bonchev–Trinajstić information content (AvgIpc) is 2.98. The molecule has 0 spiro atoms. The van der Waals surface area contributed by atoms with Gasteiger partial charge in [-0.2, -0.15) is 0 Å². The summed E-state index contributed by atoms with van der Waals surface area (Å²) in [6.07, 6.45) is 1.50. The number of fused-ring (bicyclic) bond motifs is 1. The van der Waals surface area contributed by atoms with Crippen molar-refractivity contribution in [2.45, 2.75) is 20.1 Å². The van der Waals surface area contributed by atoms with Gasteiger partial charge in [0, 0.05) is 34.1 Å². The zero-order valence-corrected chi connectivity index (χ0v) is 13.0. The van der Waals surface area contributed by atoms with Crippen molar-refractivity contribution in [1.29, 1.82) is 0 Å². The molecule has 1 amide bonds. The normalized spacial score (nSPS) is 15.9. The quantitative estimate of drug-likeness (QED) is 0.744. The highest BCUT2D eigenvalue weighted by molar-refractivity contribution is 5.81. The number of carbonyl (C=O) groups is 1. The largest absolute Gasteiger partial charge is 0.348 e. The minimum Gasteiger partial charge on any atom is -0.348 e. The molecule has 4 nitrogen and oxygen atoms in total. The highest BCUT2D eigenvalue weighted by atomic mass is 16.2. The SMILES string of the molecule is [2H]C([2H])([2H])c1ccc(-c2nc3ccc(C([2H])([2H])[2H])cn3c2CC(=O)N(C)C)cc1. The Kier molecular flexibility index (Phi) is 2.43. The molecule has 0 atom stereocenters. The molecular formula is C19H21N3O. The summed E-state index contributed by atoms with van der Waals surface area (Å²) in [6, 6.07) is 9.42.